The van der Waals surface area contributed by atoms with Crippen molar-refractivity contribution in [3.05, 3.63) is 52.5 Å². The molecule has 0 aliphatic heterocycles. The fourth-order valence-electron chi connectivity index (χ4n) is 2.99. The third-order valence-corrected chi connectivity index (χ3v) is 4.15. The second kappa shape index (κ2) is 6.43. The van der Waals surface area contributed by atoms with Crippen molar-refractivity contribution in [2.45, 2.75) is 20.3 Å². The molecule has 0 aliphatic carbocycles. The molecule has 0 saturated heterocycles. The standard InChI is InChI=1S/C18H18FN3O3/c1-9-3-4-13(19)17-16(9)12(10(2)21-17)5-6-20-18(25)11-7-14(23)22-15(24)8-11/h3-4,7-8,21H,5-6H2,1-2H3,(H,20,25)(H2,22,23,24). The molecule has 0 atom stereocenters. The van der Waals surface area contributed by atoms with Gasteiger partial charge in [-0.2, -0.15) is 4.98 Å². The van der Waals surface area contributed by atoms with Crippen LogP contribution in [0.15, 0.2) is 24.3 Å². The highest BCUT2D eigenvalue weighted by Gasteiger charge is 2.15. The molecule has 130 valence electrons. The maximum absolute atomic E-state index is 14.0. The number of halogens is 1. The van der Waals surface area contributed by atoms with Crippen molar-refractivity contribution >= 4 is 16.8 Å². The topological polar surface area (TPSA) is 98.2 Å². The van der Waals surface area contributed by atoms with Gasteiger partial charge in [-0.3, -0.25) is 4.79 Å². The summed E-state index contributed by atoms with van der Waals surface area (Å²) in [6.45, 7) is 4.11. The lowest BCUT2D eigenvalue weighted by Crippen LogP contribution is -2.25. The summed E-state index contributed by atoms with van der Waals surface area (Å²) in [6.07, 6.45) is 0.519. The summed E-state index contributed by atoms with van der Waals surface area (Å²) in [5.74, 6) is -1.59. The highest BCUT2D eigenvalue weighted by atomic mass is 19.1. The van der Waals surface area contributed by atoms with E-state index in [1.165, 1.54) is 18.2 Å². The summed E-state index contributed by atoms with van der Waals surface area (Å²) in [4.78, 5) is 18.6. The molecule has 7 heteroatoms. The highest BCUT2D eigenvalue weighted by Crippen LogP contribution is 2.27. The Morgan fingerprint density at radius 2 is 1.92 bits per heavy atom. The van der Waals surface area contributed by atoms with Crippen LogP contribution in [-0.2, 0) is 6.42 Å². The Morgan fingerprint density at radius 1 is 1.24 bits per heavy atom. The molecule has 0 radical (unpaired) electrons. The van der Waals surface area contributed by atoms with Crippen molar-refractivity contribution in [1.82, 2.24) is 15.3 Å². The smallest absolute Gasteiger partial charge is 0.251 e. The van der Waals surface area contributed by atoms with Crippen molar-refractivity contribution in [3.8, 4) is 11.8 Å². The van der Waals surface area contributed by atoms with Gasteiger partial charge in [0.25, 0.3) is 5.91 Å². The van der Waals surface area contributed by atoms with Gasteiger partial charge < -0.3 is 20.5 Å². The van der Waals surface area contributed by atoms with E-state index in [9.17, 15) is 19.4 Å². The Labute approximate surface area is 143 Å². The molecule has 1 amide bonds. The molecule has 0 bridgehead atoms. The third-order valence-electron chi connectivity index (χ3n) is 4.15. The average molecular weight is 343 g/mol. The van der Waals surface area contributed by atoms with Gasteiger partial charge >= 0.3 is 0 Å². The number of hydrogen-bond donors (Lipinski definition) is 4. The van der Waals surface area contributed by atoms with E-state index in [0.29, 0.717) is 18.5 Å². The lowest BCUT2D eigenvalue weighted by Gasteiger charge is -2.07. The SMILES string of the molecule is Cc1[nH]c2c(F)ccc(C)c2c1CCNC(=O)c1cc(O)nc(O)c1. The van der Waals surface area contributed by atoms with Gasteiger partial charge in [-0.05, 0) is 37.5 Å². The van der Waals surface area contributed by atoms with Crippen LogP contribution in [0.5, 0.6) is 11.8 Å². The number of rotatable bonds is 4. The summed E-state index contributed by atoms with van der Waals surface area (Å²) < 4.78 is 14.0. The Bertz CT molecular complexity index is 946. The first-order chi connectivity index (χ1) is 11.9. The van der Waals surface area contributed by atoms with Gasteiger partial charge in [0.05, 0.1) is 11.1 Å². The van der Waals surface area contributed by atoms with Gasteiger partial charge in [-0.25, -0.2) is 4.39 Å². The maximum atomic E-state index is 14.0. The molecular weight excluding hydrogens is 325 g/mol. The first kappa shape index (κ1) is 16.8. The van der Waals surface area contributed by atoms with Gasteiger partial charge in [0.2, 0.25) is 11.8 Å². The van der Waals surface area contributed by atoms with E-state index < -0.39 is 17.7 Å². The fourth-order valence-corrected chi connectivity index (χ4v) is 2.99. The highest BCUT2D eigenvalue weighted by molar-refractivity contribution is 5.94. The summed E-state index contributed by atoms with van der Waals surface area (Å²) >= 11 is 0. The molecule has 4 N–H and O–H groups in total. The zero-order valence-electron chi connectivity index (χ0n) is 13.9. The number of carbonyl (C=O) groups is 1. The van der Waals surface area contributed by atoms with E-state index in [2.05, 4.69) is 15.3 Å². The summed E-state index contributed by atoms with van der Waals surface area (Å²) in [5.41, 5.74) is 3.36. The van der Waals surface area contributed by atoms with Gasteiger partial charge in [0.15, 0.2) is 0 Å². The second-order valence-corrected chi connectivity index (χ2v) is 5.92. The molecule has 0 saturated carbocycles. The summed E-state index contributed by atoms with van der Waals surface area (Å²) in [5, 5.41) is 22.2. The van der Waals surface area contributed by atoms with Gasteiger partial charge in [0, 0.05) is 29.8 Å². The molecule has 6 nitrogen and oxygen atoms in total. The summed E-state index contributed by atoms with van der Waals surface area (Å²) in [6, 6.07) is 5.51. The van der Waals surface area contributed by atoms with Gasteiger partial charge in [0.1, 0.15) is 5.82 Å². The number of aromatic nitrogens is 2. The lowest BCUT2D eigenvalue weighted by molar-refractivity contribution is 0.0953. The number of nitrogens with one attached hydrogen (secondary N) is 2. The van der Waals surface area contributed by atoms with E-state index in [1.54, 1.807) is 6.07 Å². The van der Waals surface area contributed by atoms with E-state index >= 15 is 0 Å². The fraction of sp³-hybridized carbons (Fsp3) is 0.222. The Kier molecular flexibility index (Phi) is 4.31. The number of amides is 1. The van der Waals surface area contributed by atoms with E-state index in [4.69, 9.17) is 0 Å². The van der Waals surface area contributed by atoms with Crippen LogP contribution in [0.25, 0.3) is 10.9 Å². The quantitative estimate of drug-likeness (QED) is 0.585. The maximum Gasteiger partial charge on any atom is 0.251 e. The van der Waals surface area contributed by atoms with Crippen molar-refractivity contribution in [2.24, 2.45) is 0 Å². The zero-order valence-corrected chi connectivity index (χ0v) is 13.9. The number of H-pyrrole nitrogens is 1. The number of aromatic amines is 1. The Hall–Kier alpha value is -3.09. The van der Waals surface area contributed by atoms with Crippen molar-refractivity contribution in [1.29, 1.82) is 0 Å². The van der Waals surface area contributed by atoms with E-state index in [-0.39, 0.29) is 11.4 Å². The average Bonchev–Trinajstić information content (AvgIpc) is 2.88. The van der Waals surface area contributed by atoms with Crippen LogP contribution in [-0.4, -0.2) is 32.6 Å². The van der Waals surface area contributed by atoms with Crippen molar-refractivity contribution < 1.29 is 19.4 Å². The zero-order chi connectivity index (χ0) is 18.1. The molecule has 2 aromatic heterocycles. The van der Waals surface area contributed by atoms with Crippen LogP contribution in [0.2, 0.25) is 0 Å². The van der Waals surface area contributed by atoms with E-state index in [0.717, 1.165) is 22.2 Å². The number of aryl methyl sites for hydroxylation is 2. The predicted molar refractivity (Wildman–Crippen MR) is 91.3 cm³/mol. The van der Waals surface area contributed by atoms with Gasteiger partial charge in [-0.15, -0.1) is 0 Å². The van der Waals surface area contributed by atoms with E-state index in [1.807, 2.05) is 13.8 Å². The van der Waals surface area contributed by atoms with Crippen LogP contribution in [0.3, 0.4) is 0 Å². The first-order valence-electron chi connectivity index (χ1n) is 7.81. The van der Waals surface area contributed by atoms with Gasteiger partial charge in [-0.1, -0.05) is 6.07 Å². The number of carbonyl (C=O) groups excluding carboxylic acids is 1. The minimum Gasteiger partial charge on any atom is -0.493 e. The third kappa shape index (κ3) is 3.26. The van der Waals surface area contributed by atoms with Crippen LogP contribution in [0.1, 0.15) is 27.2 Å². The van der Waals surface area contributed by atoms with Crippen molar-refractivity contribution in [3.63, 3.8) is 0 Å². The number of hydrogen-bond acceptors (Lipinski definition) is 4. The first-order valence-corrected chi connectivity index (χ1v) is 7.81. The predicted octanol–water partition coefficient (Wildman–Crippen LogP) is 2.70. The largest absolute Gasteiger partial charge is 0.493 e. The minimum absolute atomic E-state index is 0.114. The lowest BCUT2D eigenvalue weighted by atomic mass is 10.0. The Balaban J connectivity index is 1.76. The monoisotopic (exact) mass is 343 g/mol. The molecule has 2 heterocycles. The molecule has 0 unspecified atom stereocenters. The molecular formula is C18H18FN3O3. The number of pyridine rings is 1. The molecule has 0 aliphatic rings. The summed E-state index contributed by atoms with van der Waals surface area (Å²) in [7, 11) is 0. The molecule has 25 heavy (non-hydrogen) atoms. The second-order valence-electron chi connectivity index (χ2n) is 5.92. The molecule has 1 aromatic carbocycles. The molecule has 3 rings (SSSR count). The van der Waals surface area contributed by atoms with Crippen molar-refractivity contribution in [2.75, 3.05) is 6.54 Å². The molecule has 3 aromatic rings. The minimum atomic E-state index is -0.437. The van der Waals surface area contributed by atoms with Crippen LogP contribution in [0, 0.1) is 19.7 Å². The molecule has 0 spiro atoms. The molecule has 0 fully saturated rings. The van der Waals surface area contributed by atoms with Crippen LogP contribution < -0.4 is 5.32 Å². The van der Waals surface area contributed by atoms with Crippen LogP contribution in [0.4, 0.5) is 4.39 Å². The van der Waals surface area contributed by atoms with Crippen LogP contribution >= 0.6 is 0 Å². The normalized spacial score (nSPS) is 11.0. The Morgan fingerprint density at radius 3 is 2.60 bits per heavy atom. The number of fused-ring (bicyclic) bond motifs is 1. The number of aromatic hydroxyl groups is 2. The number of nitrogens with zero attached hydrogens (tertiary/aromatic N) is 1. The number of benzene rings is 1.